The molecule has 0 bridgehead atoms. The van der Waals surface area contributed by atoms with Crippen molar-refractivity contribution in [2.45, 2.75) is 13.0 Å². The van der Waals surface area contributed by atoms with E-state index in [2.05, 4.69) is 5.32 Å². The van der Waals surface area contributed by atoms with Crippen LogP contribution in [0.15, 0.2) is 18.2 Å². The van der Waals surface area contributed by atoms with Crippen molar-refractivity contribution in [3.05, 3.63) is 39.7 Å². The molecule has 1 aromatic rings. The van der Waals surface area contributed by atoms with Gasteiger partial charge in [0.2, 0.25) is 0 Å². The first kappa shape index (κ1) is 16.3. The number of hydrogen-bond acceptors (Lipinski definition) is 4. The van der Waals surface area contributed by atoms with Gasteiger partial charge >= 0.3 is 0 Å². The van der Waals surface area contributed by atoms with E-state index in [0.717, 1.165) is 12.1 Å². The molecule has 20 heavy (non-hydrogen) atoms. The Morgan fingerprint density at radius 1 is 1.55 bits per heavy atom. The van der Waals surface area contributed by atoms with Gasteiger partial charge in [-0.1, -0.05) is 0 Å². The standard InChI is InChI=1S/C12H14FN3O3.ClH/c1-8-7-15(5-4-14-8)12(17)10-3-2-9(13)6-11(10)16(18)19;/h2-3,6,8,14H,4-5,7H2,1H3;1H. The third kappa shape index (κ3) is 3.43. The largest absolute Gasteiger partial charge is 0.336 e. The quantitative estimate of drug-likeness (QED) is 0.665. The number of amides is 1. The Kier molecular flexibility index (Phi) is 5.41. The first-order valence-electron chi connectivity index (χ1n) is 5.95. The summed E-state index contributed by atoms with van der Waals surface area (Å²) < 4.78 is 13.0. The van der Waals surface area contributed by atoms with Gasteiger partial charge in [-0.3, -0.25) is 14.9 Å². The van der Waals surface area contributed by atoms with Crippen LogP contribution in [0.4, 0.5) is 10.1 Å². The number of carbonyl (C=O) groups is 1. The third-order valence-electron chi connectivity index (χ3n) is 3.04. The summed E-state index contributed by atoms with van der Waals surface area (Å²) >= 11 is 0. The molecule has 1 amide bonds. The Morgan fingerprint density at radius 3 is 2.85 bits per heavy atom. The first-order valence-corrected chi connectivity index (χ1v) is 5.95. The SMILES string of the molecule is CC1CN(C(=O)c2ccc(F)cc2[N+](=O)[O-])CCN1.Cl. The minimum Gasteiger partial charge on any atom is -0.336 e. The molecule has 1 aliphatic heterocycles. The van der Waals surface area contributed by atoms with E-state index in [1.54, 1.807) is 4.90 Å². The molecule has 0 saturated carbocycles. The van der Waals surface area contributed by atoms with Crippen LogP contribution in [0.25, 0.3) is 0 Å². The maximum Gasteiger partial charge on any atom is 0.285 e. The summed E-state index contributed by atoms with van der Waals surface area (Å²) in [6.45, 7) is 3.53. The Balaban J connectivity index is 0.00000200. The van der Waals surface area contributed by atoms with Gasteiger partial charge in [0.05, 0.1) is 11.0 Å². The zero-order chi connectivity index (χ0) is 14.0. The number of hydrogen-bond donors (Lipinski definition) is 1. The normalized spacial score (nSPS) is 18.3. The summed E-state index contributed by atoms with van der Waals surface area (Å²) in [5.74, 6) is -1.16. The highest BCUT2D eigenvalue weighted by Gasteiger charge is 2.27. The van der Waals surface area contributed by atoms with Gasteiger partial charge in [-0.05, 0) is 19.1 Å². The van der Waals surface area contributed by atoms with Gasteiger partial charge in [0.25, 0.3) is 11.6 Å². The van der Waals surface area contributed by atoms with Crippen LogP contribution < -0.4 is 5.32 Å². The predicted octanol–water partition coefficient (Wildman–Crippen LogP) is 1.59. The highest BCUT2D eigenvalue weighted by molar-refractivity contribution is 5.98. The maximum atomic E-state index is 13.0. The fraction of sp³-hybridized carbons (Fsp3) is 0.417. The van der Waals surface area contributed by atoms with Crippen molar-refractivity contribution in [3.8, 4) is 0 Å². The lowest BCUT2D eigenvalue weighted by Gasteiger charge is -2.31. The molecular weight excluding hydrogens is 289 g/mol. The monoisotopic (exact) mass is 303 g/mol. The summed E-state index contributed by atoms with van der Waals surface area (Å²) in [5, 5.41) is 14.1. The van der Waals surface area contributed by atoms with E-state index in [-0.39, 0.29) is 24.0 Å². The van der Waals surface area contributed by atoms with Crippen molar-refractivity contribution in [2.75, 3.05) is 19.6 Å². The highest BCUT2D eigenvalue weighted by atomic mass is 35.5. The fourth-order valence-corrected chi connectivity index (χ4v) is 2.12. The second-order valence-corrected chi connectivity index (χ2v) is 4.52. The van der Waals surface area contributed by atoms with Crippen LogP contribution in [0, 0.1) is 15.9 Å². The van der Waals surface area contributed by atoms with E-state index >= 15 is 0 Å². The molecule has 1 aromatic carbocycles. The van der Waals surface area contributed by atoms with Crippen molar-refractivity contribution in [3.63, 3.8) is 0 Å². The molecule has 1 N–H and O–H groups in total. The van der Waals surface area contributed by atoms with Gasteiger partial charge in [0.15, 0.2) is 0 Å². The van der Waals surface area contributed by atoms with Crippen molar-refractivity contribution in [1.82, 2.24) is 10.2 Å². The van der Waals surface area contributed by atoms with E-state index in [4.69, 9.17) is 0 Å². The van der Waals surface area contributed by atoms with Crippen LogP contribution in [-0.2, 0) is 0 Å². The van der Waals surface area contributed by atoms with Gasteiger partial charge in [0.1, 0.15) is 11.4 Å². The molecule has 0 radical (unpaired) electrons. The average molecular weight is 304 g/mol. The van der Waals surface area contributed by atoms with Crippen molar-refractivity contribution < 1.29 is 14.1 Å². The van der Waals surface area contributed by atoms with E-state index in [9.17, 15) is 19.3 Å². The predicted molar refractivity (Wildman–Crippen MR) is 73.7 cm³/mol. The van der Waals surface area contributed by atoms with Gasteiger partial charge in [-0.2, -0.15) is 0 Å². The van der Waals surface area contributed by atoms with Crippen LogP contribution in [0.3, 0.4) is 0 Å². The van der Waals surface area contributed by atoms with Crippen LogP contribution in [0.5, 0.6) is 0 Å². The molecule has 1 atom stereocenters. The lowest BCUT2D eigenvalue weighted by Crippen LogP contribution is -2.51. The molecule has 2 rings (SSSR count). The molecule has 1 aliphatic rings. The third-order valence-corrected chi connectivity index (χ3v) is 3.04. The molecule has 1 unspecified atom stereocenters. The van der Waals surface area contributed by atoms with Gasteiger partial charge in [0, 0.05) is 25.7 Å². The smallest absolute Gasteiger partial charge is 0.285 e. The topological polar surface area (TPSA) is 75.5 Å². The summed E-state index contributed by atoms with van der Waals surface area (Å²) in [4.78, 5) is 23.9. The number of halogens is 2. The zero-order valence-electron chi connectivity index (χ0n) is 10.8. The van der Waals surface area contributed by atoms with Crippen molar-refractivity contribution in [2.24, 2.45) is 0 Å². The van der Waals surface area contributed by atoms with Crippen LogP contribution >= 0.6 is 12.4 Å². The molecule has 1 fully saturated rings. The number of benzene rings is 1. The summed E-state index contributed by atoms with van der Waals surface area (Å²) in [6, 6.07) is 3.14. The number of nitro groups is 1. The molecule has 1 heterocycles. The van der Waals surface area contributed by atoms with Crippen LogP contribution in [0.1, 0.15) is 17.3 Å². The lowest BCUT2D eigenvalue weighted by atomic mass is 10.1. The number of nitrogens with one attached hydrogen (secondary N) is 1. The average Bonchev–Trinajstić information content (AvgIpc) is 2.37. The van der Waals surface area contributed by atoms with E-state index in [0.29, 0.717) is 19.6 Å². The maximum absolute atomic E-state index is 13.0. The molecule has 8 heteroatoms. The Morgan fingerprint density at radius 2 is 2.25 bits per heavy atom. The molecule has 6 nitrogen and oxygen atoms in total. The first-order chi connectivity index (χ1) is 8.99. The van der Waals surface area contributed by atoms with Crippen LogP contribution in [-0.4, -0.2) is 41.4 Å². The van der Waals surface area contributed by atoms with Crippen LogP contribution in [0.2, 0.25) is 0 Å². The van der Waals surface area contributed by atoms with Crippen molar-refractivity contribution >= 4 is 24.0 Å². The number of carbonyl (C=O) groups excluding carboxylic acids is 1. The number of nitro benzene ring substituents is 1. The summed E-state index contributed by atoms with van der Waals surface area (Å²) in [6.07, 6.45) is 0. The minimum absolute atomic E-state index is 0. The number of rotatable bonds is 2. The molecular formula is C12H15ClFN3O3. The molecule has 1 saturated heterocycles. The van der Waals surface area contributed by atoms with Gasteiger partial charge in [-0.15, -0.1) is 12.4 Å². The lowest BCUT2D eigenvalue weighted by molar-refractivity contribution is -0.385. The number of nitrogens with zero attached hydrogens (tertiary/aromatic N) is 2. The highest BCUT2D eigenvalue weighted by Crippen LogP contribution is 2.22. The van der Waals surface area contributed by atoms with Gasteiger partial charge < -0.3 is 10.2 Å². The second-order valence-electron chi connectivity index (χ2n) is 4.52. The Bertz CT molecular complexity index is 527. The van der Waals surface area contributed by atoms with E-state index < -0.39 is 22.3 Å². The second kappa shape index (κ2) is 6.62. The minimum atomic E-state index is -0.734. The summed E-state index contributed by atoms with van der Waals surface area (Å²) in [5.41, 5.74) is -0.559. The molecule has 110 valence electrons. The van der Waals surface area contributed by atoms with E-state index in [1.807, 2.05) is 6.92 Å². The van der Waals surface area contributed by atoms with Gasteiger partial charge in [-0.25, -0.2) is 4.39 Å². The van der Waals surface area contributed by atoms with Crippen molar-refractivity contribution in [1.29, 1.82) is 0 Å². The Hall–Kier alpha value is -1.73. The fourth-order valence-electron chi connectivity index (χ4n) is 2.12. The molecule has 0 spiro atoms. The summed E-state index contributed by atoms with van der Waals surface area (Å²) in [7, 11) is 0. The Labute approximate surface area is 121 Å². The zero-order valence-corrected chi connectivity index (χ0v) is 11.7. The molecule has 0 aliphatic carbocycles. The number of piperazine rings is 1. The van der Waals surface area contributed by atoms with E-state index in [1.165, 1.54) is 6.07 Å². The molecule has 0 aromatic heterocycles.